The van der Waals surface area contributed by atoms with E-state index in [2.05, 4.69) is 30.6 Å². The molecule has 1 heterocycles. The highest BCUT2D eigenvalue weighted by molar-refractivity contribution is 5.77. The Morgan fingerprint density at radius 1 is 1.37 bits per heavy atom. The summed E-state index contributed by atoms with van der Waals surface area (Å²) in [6.07, 6.45) is 1.64. The van der Waals surface area contributed by atoms with E-state index in [9.17, 15) is 14.7 Å². The van der Waals surface area contributed by atoms with Crippen LogP contribution in [0.3, 0.4) is 0 Å². The van der Waals surface area contributed by atoms with Gasteiger partial charge in [0, 0.05) is 23.6 Å². The molecule has 6 nitrogen and oxygen atoms in total. The van der Waals surface area contributed by atoms with E-state index in [-0.39, 0.29) is 18.6 Å². The summed E-state index contributed by atoms with van der Waals surface area (Å²) in [5, 5.41) is 16.5. The van der Waals surface area contributed by atoms with Crippen molar-refractivity contribution in [2.75, 3.05) is 6.61 Å². The van der Waals surface area contributed by atoms with Gasteiger partial charge in [0.1, 0.15) is 6.61 Å². The van der Waals surface area contributed by atoms with Crippen LogP contribution in [0.1, 0.15) is 55.0 Å². The second-order valence-electron chi connectivity index (χ2n) is 7.70. The number of ether oxygens (including phenoxy) is 1. The molecule has 1 aromatic heterocycles. The summed E-state index contributed by atoms with van der Waals surface area (Å²) in [5.74, 6) is -1.67. The van der Waals surface area contributed by atoms with E-state index in [1.165, 1.54) is 6.08 Å². The number of rotatable bonds is 5. The summed E-state index contributed by atoms with van der Waals surface area (Å²) in [5.41, 5.74) is 1.43. The lowest BCUT2D eigenvalue weighted by atomic mass is 9.66. The number of aromatic amines is 2. The minimum Gasteiger partial charge on any atom is -0.461 e. The normalized spacial score (nSPS) is 24.5. The summed E-state index contributed by atoms with van der Waals surface area (Å²) in [7, 11) is 0. The van der Waals surface area contributed by atoms with E-state index < -0.39 is 23.4 Å². The fraction of sp³-hybridized carbons (Fsp3) is 0.429. The third-order valence-electron chi connectivity index (χ3n) is 5.31. The largest absolute Gasteiger partial charge is 0.461 e. The van der Waals surface area contributed by atoms with Crippen molar-refractivity contribution in [1.29, 1.82) is 0 Å². The molecule has 2 aromatic rings. The highest BCUT2D eigenvalue weighted by Crippen LogP contribution is 2.44. The molecule has 0 saturated heterocycles. The third kappa shape index (κ3) is 3.49. The first kappa shape index (κ1) is 19.2. The maximum Gasteiger partial charge on any atom is 0.313 e. The molecule has 27 heavy (non-hydrogen) atoms. The van der Waals surface area contributed by atoms with Crippen molar-refractivity contribution in [2.24, 2.45) is 5.92 Å². The number of esters is 1. The van der Waals surface area contributed by atoms with Gasteiger partial charge in [-0.2, -0.15) is 0 Å². The number of H-pyrrole nitrogens is 2. The number of aliphatic hydroxyl groups is 1. The lowest BCUT2D eigenvalue weighted by molar-refractivity contribution is -0.158. The molecule has 0 aliphatic heterocycles. The first-order chi connectivity index (χ1) is 12.8. The van der Waals surface area contributed by atoms with Crippen molar-refractivity contribution in [3.8, 4) is 0 Å². The molecule has 3 atom stereocenters. The van der Waals surface area contributed by atoms with Gasteiger partial charge < -0.3 is 14.9 Å². The molecule has 1 aromatic carbocycles. The minimum atomic E-state index is -1.36. The minimum absolute atomic E-state index is 0.0563. The van der Waals surface area contributed by atoms with Gasteiger partial charge >= 0.3 is 5.97 Å². The molecule has 6 heteroatoms. The molecule has 1 aliphatic rings. The first-order valence-electron chi connectivity index (χ1n) is 9.15. The summed E-state index contributed by atoms with van der Waals surface area (Å²) < 4.78 is 5.27. The van der Waals surface area contributed by atoms with Gasteiger partial charge in [-0.05, 0) is 24.0 Å². The van der Waals surface area contributed by atoms with Crippen LogP contribution in [0.15, 0.2) is 41.7 Å². The molecular weight excluding hydrogens is 344 g/mol. The summed E-state index contributed by atoms with van der Waals surface area (Å²) in [4.78, 5) is 25.3. The second-order valence-corrected chi connectivity index (χ2v) is 7.70. The monoisotopic (exact) mass is 370 g/mol. The van der Waals surface area contributed by atoms with Crippen molar-refractivity contribution < 1.29 is 14.6 Å². The van der Waals surface area contributed by atoms with Gasteiger partial charge in [0.25, 0.3) is 5.56 Å². The van der Waals surface area contributed by atoms with Crippen LogP contribution in [-0.2, 0) is 16.0 Å². The van der Waals surface area contributed by atoms with Gasteiger partial charge in [0.15, 0.2) is 0 Å². The zero-order valence-electron chi connectivity index (χ0n) is 15.9. The smallest absolute Gasteiger partial charge is 0.313 e. The maximum absolute atomic E-state index is 12.8. The Morgan fingerprint density at radius 3 is 2.63 bits per heavy atom. The maximum atomic E-state index is 12.8. The van der Waals surface area contributed by atoms with Gasteiger partial charge in [0.05, 0.1) is 11.5 Å². The highest BCUT2D eigenvalue weighted by atomic mass is 16.5. The Morgan fingerprint density at radius 2 is 2.04 bits per heavy atom. The molecule has 0 spiro atoms. The number of carbonyl (C=O) groups is 1. The Labute approximate surface area is 158 Å². The zero-order chi connectivity index (χ0) is 19.8. The van der Waals surface area contributed by atoms with Gasteiger partial charge in [-0.25, -0.2) is 0 Å². The van der Waals surface area contributed by atoms with E-state index in [0.717, 1.165) is 11.1 Å². The van der Waals surface area contributed by atoms with E-state index >= 15 is 0 Å². The fourth-order valence-corrected chi connectivity index (χ4v) is 3.93. The van der Waals surface area contributed by atoms with Crippen LogP contribution in [0.5, 0.6) is 0 Å². The number of hydrogen-bond donors (Lipinski definition) is 3. The second kappa shape index (κ2) is 7.19. The molecule has 0 fully saturated rings. The first-order valence-corrected chi connectivity index (χ1v) is 9.15. The van der Waals surface area contributed by atoms with Crippen molar-refractivity contribution in [2.45, 2.75) is 44.6 Å². The molecule has 0 saturated carbocycles. The van der Waals surface area contributed by atoms with E-state index in [4.69, 9.17) is 4.74 Å². The number of fused-ring (bicyclic) bond motifs is 1. The Bertz CT molecular complexity index is 890. The van der Waals surface area contributed by atoms with Crippen LogP contribution >= 0.6 is 0 Å². The van der Waals surface area contributed by atoms with Crippen molar-refractivity contribution in [3.05, 3.63) is 69.7 Å². The zero-order valence-corrected chi connectivity index (χ0v) is 15.9. The number of nitrogens with one attached hydrogen (secondary N) is 2. The van der Waals surface area contributed by atoms with Crippen LogP contribution in [-0.4, -0.2) is 33.5 Å². The quantitative estimate of drug-likeness (QED) is 0.557. The molecule has 0 unspecified atom stereocenters. The van der Waals surface area contributed by atoms with Crippen molar-refractivity contribution in [1.82, 2.24) is 10.2 Å². The Balaban J connectivity index is 2.14. The molecule has 1 aliphatic carbocycles. The van der Waals surface area contributed by atoms with Crippen molar-refractivity contribution >= 4 is 5.97 Å². The van der Waals surface area contributed by atoms with Gasteiger partial charge in [-0.15, -0.1) is 0 Å². The van der Waals surface area contributed by atoms with Gasteiger partial charge in [-0.3, -0.25) is 14.7 Å². The molecule has 144 valence electrons. The molecule has 0 radical (unpaired) electrons. The van der Waals surface area contributed by atoms with Crippen LogP contribution in [0, 0.1) is 5.92 Å². The van der Waals surface area contributed by atoms with E-state index in [0.29, 0.717) is 17.2 Å². The molecule has 0 bridgehead atoms. The topological polar surface area (TPSA) is 95.2 Å². The van der Waals surface area contributed by atoms with Gasteiger partial charge in [0.2, 0.25) is 0 Å². The summed E-state index contributed by atoms with van der Waals surface area (Å²) in [6.45, 7) is 9.43. The van der Waals surface area contributed by atoms with E-state index in [1.54, 1.807) is 6.92 Å². The predicted molar refractivity (Wildman–Crippen MR) is 103 cm³/mol. The van der Waals surface area contributed by atoms with Crippen LogP contribution in [0.25, 0.3) is 0 Å². The van der Waals surface area contributed by atoms with Crippen molar-refractivity contribution in [3.63, 3.8) is 0 Å². The highest BCUT2D eigenvalue weighted by Gasteiger charge is 2.51. The van der Waals surface area contributed by atoms with Crippen LogP contribution in [0.2, 0.25) is 0 Å². The molecular formula is C21H26N2O4. The lowest BCUT2D eigenvalue weighted by Crippen LogP contribution is -2.50. The number of aromatic nitrogens is 2. The molecule has 3 rings (SSSR count). The predicted octanol–water partition coefficient (Wildman–Crippen LogP) is 2.61. The van der Waals surface area contributed by atoms with Gasteiger partial charge in [-0.1, -0.05) is 50.8 Å². The SMILES string of the molecule is C=CCOC(=O)[C@@H]1[C@@H](c2ccc(C(C)C)cc2)c2c([nH][nH]c2=O)C[C@]1(C)O. The summed E-state index contributed by atoms with van der Waals surface area (Å²) in [6, 6.07) is 7.84. The van der Waals surface area contributed by atoms with Crippen LogP contribution < -0.4 is 5.56 Å². The average molecular weight is 370 g/mol. The number of carbonyl (C=O) groups excluding carboxylic acids is 1. The lowest BCUT2D eigenvalue weighted by Gasteiger charge is -2.40. The fourth-order valence-electron chi connectivity index (χ4n) is 3.93. The van der Waals surface area contributed by atoms with E-state index in [1.807, 2.05) is 24.3 Å². The molecule has 0 amide bonds. The average Bonchev–Trinajstić information content (AvgIpc) is 2.97. The molecule has 3 N–H and O–H groups in total. The third-order valence-corrected chi connectivity index (χ3v) is 5.31. The standard InChI is InChI=1S/C21H26N2O4/c1-5-10-27-20(25)18-16(14-8-6-13(7-9-14)12(2)3)17-15(11-21(18,4)26)22-23-19(17)24/h5-9,12,16,18,26H,1,10-11H2,2-4H3,(H2,22,23,24)/t16-,18-,21-/m0/s1. The van der Waals surface area contributed by atoms with Crippen LogP contribution in [0.4, 0.5) is 0 Å². The Kier molecular flexibility index (Phi) is 5.11. The summed E-state index contributed by atoms with van der Waals surface area (Å²) >= 11 is 0. The Hall–Kier alpha value is -2.60. The number of hydrogen-bond acceptors (Lipinski definition) is 4. The number of benzene rings is 1.